The standard InChI is InChI=1S/C17H15FN2O/c18-17-7-5-16(6-8-17)15-3-1-13(2-4-15)10-20-11-14(12-21)9-19-20/h1-9,11,21H,10,12H2. The predicted molar refractivity (Wildman–Crippen MR) is 79.1 cm³/mol. The summed E-state index contributed by atoms with van der Waals surface area (Å²) in [5, 5.41) is 13.2. The second-order valence-electron chi connectivity index (χ2n) is 4.91. The van der Waals surface area contributed by atoms with Crippen LogP contribution in [0, 0.1) is 5.82 Å². The first-order valence-electron chi connectivity index (χ1n) is 6.72. The summed E-state index contributed by atoms with van der Waals surface area (Å²) in [4.78, 5) is 0. The van der Waals surface area contributed by atoms with Gasteiger partial charge in [-0.2, -0.15) is 5.10 Å². The Hall–Kier alpha value is -2.46. The van der Waals surface area contributed by atoms with Gasteiger partial charge in [-0.25, -0.2) is 4.39 Å². The van der Waals surface area contributed by atoms with E-state index in [9.17, 15) is 4.39 Å². The number of benzene rings is 2. The number of aliphatic hydroxyl groups excluding tert-OH is 1. The molecule has 3 nitrogen and oxygen atoms in total. The molecule has 3 rings (SSSR count). The summed E-state index contributed by atoms with van der Waals surface area (Å²) in [6.45, 7) is 0.660. The molecule has 0 spiro atoms. The van der Waals surface area contributed by atoms with Crippen LogP contribution in [0.5, 0.6) is 0 Å². The Kier molecular flexibility index (Phi) is 3.79. The topological polar surface area (TPSA) is 38.1 Å². The minimum absolute atomic E-state index is 0.00348. The molecule has 1 aromatic heterocycles. The molecule has 0 atom stereocenters. The molecule has 0 unspecified atom stereocenters. The van der Waals surface area contributed by atoms with Gasteiger partial charge in [0.25, 0.3) is 0 Å². The van der Waals surface area contributed by atoms with Gasteiger partial charge in [-0.05, 0) is 28.8 Å². The van der Waals surface area contributed by atoms with Crippen molar-refractivity contribution in [3.05, 3.63) is 77.9 Å². The van der Waals surface area contributed by atoms with Gasteiger partial charge in [-0.15, -0.1) is 0 Å². The molecule has 0 saturated carbocycles. The van der Waals surface area contributed by atoms with E-state index < -0.39 is 0 Å². The van der Waals surface area contributed by atoms with Crippen molar-refractivity contribution in [2.24, 2.45) is 0 Å². The number of hydrogen-bond acceptors (Lipinski definition) is 2. The van der Waals surface area contributed by atoms with Crippen molar-refractivity contribution < 1.29 is 9.50 Å². The zero-order valence-corrected chi connectivity index (χ0v) is 11.4. The number of aliphatic hydroxyl groups is 1. The van der Waals surface area contributed by atoms with Crippen molar-refractivity contribution in [1.29, 1.82) is 0 Å². The maximum Gasteiger partial charge on any atom is 0.123 e. The lowest BCUT2D eigenvalue weighted by Crippen LogP contribution is -1.99. The van der Waals surface area contributed by atoms with Crippen LogP contribution in [-0.4, -0.2) is 14.9 Å². The van der Waals surface area contributed by atoms with E-state index in [0.29, 0.717) is 6.54 Å². The van der Waals surface area contributed by atoms with Gasteiger partial charge in [-0.3, -0.25) is 4.68 Å². The molecule has 0 radical (unpaired) electrons. The lowest BCUT2D eigenvalue weighted by molar-refractivity contribution is 0.281. The number of nitrogens with zero attached hydrogens (tertiary/aromatic N) is 2. The molecule has 0 aliphatic rings. The zero-order chi connectivity index (χ0) is 14.7. The molecule has 0 amide bonds. The van der Waals surface area contributed by atoms with Crippen molar-refractivity contribution in [2.75, 3.05) is 0 Å². The summed E-state index contributed by atoms with van der Waals surface area (Å²) in [6, 6.07) is 14.5. The highest BCUT2D eigenvalue weighted by atomic mass is 19.1. The first-order chi connectivity index (χ1) is 10.2. The van der Waals surface area contributed by atoms with Gasteiger partial charge in [0, 0.05) is 11.8 Å². The third-order valence-corrected chi connectivity index (χ3v) is 3.35. The molecule has 1 heterocycles. The minimum atomic E-state index is -0.228. The number of halogens is 1. The van der Waals surface area contributed by atoms with Crippen LogP contribution in [0.4, 0.5) is 4.39 Å². The van der Waals surface area contributed by atoms with Crippen molar-refractivity contribution in [2.45, 2.75) is 13.2 Å². The lowest BCUT2D eigenvalue weighted by Gasteiger charge is -2.05. The first kappa shape index (κ1) is 13.5. The highest BCUT2D eigenvalue weighted by molar-refractivity contribution is 5.63. The zero-order valence-electron chi connectivity index (χ0n) is 11.4. The fourth-order valence-electron chi connectivity index (χ4n) is 2.21. The van der Waals surface area contributed by atoms with Crippen LogP contribution < -0.4 is 0 Å². The number of rotatable bonds is 4. The van der Waals surface area contributed by atoms with Crippen LogP contribution >= 0.6 is 0 Å². The normalized spacial score (nSPS) is 10.8. The van der Waals surface area contributed by atoms with Crippen LogP contribution in [0.2, 0.25) is 0 Å². The molecule has 0 aliphatic carbocycles. The fraction of sp³-hybridized carbons (Fsp3) is 0.118. The van der Waals surface area contributed by atoms with E-state index in [2.05, 4.69) is 5.10 Å². The van der Waals surface area contributed by atoms with Gasteiger partial charge >= 0.3 is 0 Å². The Morgan fingerprint density at radius 1 is 0.905 bits per heavy atom. The molecule has 0 fully saturated rings. The second-order valence-corrected chi connectivity index (χ2v) is 4.91. The SMILES string of the molecule is OCc1cnn(Cc2ccc(-c3ccc(F)cc3)cc2)c1. The van der Waals surface area contributed by atoms with Crippen molar-refractivity contribution in [3.63, 3.8) is 0 Å². The molecule has 106 valence electrons. The van der Waals surface area contributed by atoms with Crippen molar-refractivity contribution >= 4 is 0 Å². The fourth-order valence-corrected chi connectivity index (χ4v) is 2.21. The molecule has 4 heteroatoms. The summed E-state index contributed by atoms with van der Waals surface area (Å²) in [5.74, 6) is -0.228. The first-order valence-corrected chi connectivity index (χ1v) is 6.72. The summed E-state index contributed by atoms with van der Waals surface area (Å²) in [5.41, 5.74) is 3.96. The van der Waals surface area contributed by atoms with Crippen LogP contribution in [0.15, 0.2) is 60.9 Å². The van der Waals surface area contributed by atoms with Crippen LogP contribution in [0.25, 0.3) is 11.1 Å². The van der Waals surface area contributed by atoms with Crippen LogP contribution in [-0.2, 0) is 13.2 Å². The monoisotopic (exact) mass is 282 g/mol. The quantitative estimate of drug-likeness (QED) is 0.798. The highest BCUT2D eigenvalue weighted by Crippen LogP contribution is 2.20. The Balaban J connectivity index is 1.76. The third-order valence-electron chi connectivity index (χ3n) is 3.35. The van der Waals surface area contributed by atoms with E-state index >= 15 is 0 Å². The molecule has 2 aromatic carbocycles. The summed E-state index contributed by atoms with van der Waals surface area (Å²) >= 11 is 0. The summed E-state index contributed by atoms with van der Waals surface area (Å²) in [6.07, 6.45) is 3.49. The van der Waals surface area contributed by atoms with Crippen molar-refractivity contribution in [3.8, 4) is 11.1 Å². The lowest BCUT2D eigenvalue weighted by atomic mass is 10.0. The Morgan fingerprint density at radius 2 is 1.52 bits per heavy atom. The van der Waals surface area contributed by atoms with Gasteiger partial charge in [0.2, 0.25) is 0 Å². The summed E-state index contributed by atoms with van der Waals surface area (Å²) in [7, 11) is 0. The maximum atomic E-state index is 12.9. The predicted octanol–water partition coefficient (Wildman–Crippen LogP) is 3.23. The van der Waals surface area contributed by atoms with Gasteiger partial charge in [0.1, 0.15) is 5.82 Å². The number of aromatic nitrogens is 2. The van der Waals surface area contributed by atoms with Crippen LogP contribution in [0.3, 0.4) is 0 Å². The summed E-state index contributed by atoms with van der Waals surface area (Å²) < 4.78 is 14.7. The van der Waals surface area contributed by atoms with Gasteiger partial charge in [0.15, 0.2) is 0 Å². The van der Waals surface area contributed by atoms with E-state index in [1.165, 1.54) is 12.1 Å². The molecule has 0 aliphatic heterocycles. The maximum absolute atomic E-state index is 12.9. The van der Waals surface area contributed by atoms with E-state index in [1.807, 2.05) is 30.5 Å². The Bertz CT molecular complexity index is 717. The smallest absolute Gasteiger partial charge is 0.123 e. The average Bonchev–Trinajstić information content (AvgIpc) is 2.97. The largest absolute Gasteiger partial charge is 0.392 e. The Labute approximate surface area is 122 Å². The molecule has 0 bridgehead atoms. The molecule has 21 heavy (non-hydrogen) atoms. The minimum Gasteiger partial charge on any atom is -0.392 e. The average molecular weight is 282 g/mol. The van der Waals surface area contributed by atoms with Gasteiger partial charge in [0.05, 0.1) is 19.3 Å². The second kappa shape index (κ2) is 5.89. The molecular formula is C17H15FN2O. The highest BCUT2D eigenvalue weighted by Gasteiger charge is 2.01. The van der Waals surface area contributed by atoms with E-state index in [4.69, 9.17) is 5.11 Å². The van der Waals surface area contributed by atoms with Gasteiger partial charge < -0.3 is 5.11 Å². The molecule has 3 aromatic rings. The van der Waals surface area contributed by atoms with E-state index in [1.54, 1.807) is 23.0 Å². The van der Waals surface area contributed by atoms with E-state index in [0.717, 1.165) is 22.3 Å². The number of hydrogen-bond donors (Lipinski definition) is 1. The van der Waals surface area contributed by atoms with Crippen LogP contribution in [0.1, 0.15) is 11.1 Å². The van der Waals surface area contributed by atoms with E-state index in [-0.39, 0.29) is 12.4 Å². The Morgan fingerprint density at radius 3 is 2.10 bits per heavy atom. The third kappa shape index (κ3) is 3.17. The van der Waals surface area contributed by atoms with Crippen molar-refractivity contribution in [1.82, 2.24) is 9.78 Å². The van der Waals surface area contributed by atoms with Gasteiger partial charge in [-0.1, -0.05) is 36.4 Å². The molecule has 0 saturated heterocycles. The molecule has 1 N–H and O–H groups in total. The molecular weight excluding hydrogens is 267 g/mol.